The van der Waals surface area contributed by atoms with Crippen molar-refractivity contribution in [3.63, 3.8) is 0 Å². The molecule has 0 aromatic carbocycles. The quantitative estimate of drug-likeness (QED) is 0.711. The van der Waals surface area contributed by atoms with Crippen molar-refractivity contribution in [2.24, 2.45) is 5.92 Å². The largest absolute Gasteiger partial charge is 0.392 e. The molecule has 1 aromatic rings. The van der Waals surface area contributed by atoms with Crippen LogP contribution in [0.5, 0.6) is 0 Å². The number of likely N-dealkylation sites (tertiary alicyclic amines) is 1. The van der Waals surface area contributed by atoms with Crippen molar-refractivity contribution in [2.45, 2.75) is 63.1 Å². The molecular formula is C19H28N4O4. The molecule has 3 fully saturated rings. The Morgan fingerprint density at radius 3 is 2.81 bits per heavy atom. The van der Waals surface area contributed by atoms with Gasteiger partial charge in [0.15, 0.2) is 5.69 Å². The van der Waals surface area contributed by atoms with E-state index < -0.39 is 6.10 Å². The number of aliphatic hydroxyl groups is 1. The van der Waals surface area contributed by atoms with E-state index >= 15 is 0 Å². The average molecular weight is 376 g/mol. The SMILES string of the molecule is C[C@@H]1CC(NC(=O)c2cc(C3CC3)on2)CCN1C(=O)C1CNCC(O)C1. The standard InChI is InChI=1S/C19H28N4O4/c1-11-6-14(21-18(25)16-8-17(27-22-16)12-2-3-12)4-5-23(11)19(26)13-7-15(24)10-20-9-13/h8,11-15,20,24H,2-7,9-10H2,1H3,(H,21,25)/t11-,13?,14?,15?/m1/s1. The van der Waals surface area contributed by atoms with Crippen molar-refractivity contribution in [1.29, 1.82) is 0 Å². The third kappa shape index (κ3) is 4.16. The first-order valence-electron chi connectivity index (χ1n) is 9.98. The number of carbonyl (C=O) groups excluding carboxylic acids is 2. The van der Waals surface area contributed by atoms with Crippen LogP contribution in [0.25, 0.3) is 0 Å². The van der Waals surface area contributed by atoms with Gasteiger partial charge < -0.3 is 25.2 Å². The zero-order valence-electron chi connectivity index (χ0n) is 15.7. The smallest absolute Gasteiger partial charge is 0.273 e. The summed E-state index contributed by atoms with van der Waals surface area (Å²) in [4.78, 5) is 27.1. The maximum Gasteiger partial charge on any atom is 0.273 e. The molecule has 1 aliphatic carbocycles. The second-order valence-corrected chi connectivity index (χ2v) is 8.21. The molecule has 3 heterocycles. The van der Waals surface area contributed by atoms with Crippen molar-refractivity contribution in [1.82, 2.24) is 20.7 Å². The van der Waals surface area contributed by atoms with Crippen LogP contribution in [0.4, 0.5) is 0 Å². The van der Waals surface area contributed by atoms with Gasteiger partial charge in [0.25, 0.3) is 5.91 Å². The first-order valence-corrected chi connectivity index (χ1v) is 9.98. The number of carbonyl (C=O) groups is 2. The van der Waals surface area contributed by atoms with E-state index in [2.05, 4.69) is 15.8 Å². The summed E-state index contributed by atoms with van der Waals surface area (Å²) < 4.78 is 5.25. The molecule has 3 aliphatic rings. The second-order valence-electron chi connectivity index (χ2n) is 8.21. The fourth-order valence-corrected chi connectivity index (χ4v) is 4.19. The van der Waals surface area contributed by atoms with Gasteiger partial charge in [0.1, 0.15) is 5.76 Å². The first kappa shape index (κ1) is 18.4. The molecular weight excluding hydrogens is 348 g/mol. The third-order valence-electron chi connectivity index (χ3n) is 5.91. The second kappa shape index (κ2) is 7.59. The highest BCUT2D eigenvalue weighted by molar-refractivity contribution is 5.92. The first-order chi connectivity index (χ1) is 13.0. The summed E-state index contributed by atoms with van der Waals surface area (Å²) >= 11 is 0. The Balaban J connectivity index is 1.30. The van der Waals surface area contributed by atoms with Gasteiger partial charge in [0, 0.05) is 43.7 Å². The number of rotatable bonds is 4. The van der Waals surface area contributed by atoms with E-state index in [0.29, 0.717) is 44.1 Å². The lowest BCUT2D eigenvalue weighted by molar-refractivity contribution is -0.140. The molecule has 148 valence electrons. The molecule has 8 heteroatoms. The Kier molecular flexibility index (Phi) is 5.19. The van der Waals surface area contributed by atoms with Crippen LogP contribution in [0, 0.1) is 5.92 Å². The monoisotopic (exact) mass is 376 g/mol. The minimum absolute atomic E-state index is 0.0210. The molecule has 4 atom stereocenters. The zero-order chi connectivity index (χ0) is 19.0. The van der Waals surface area contributed by atoms with Crippen molar-refractivity contribution in [2.75, 3.05) is 19.6 Å². The number of nitrogens with zero attached hydrogens (tertiary/aromatic N) is 2. The number of piperidine rings is 2. The lowest BCUT2D eigenvalue weighted by Gasteiger charge is -2.40. The number of β-amino-alcohol motifs (C(OH)–C–C–N with tert-alkyl or cyclic N) is 1. The van der Waals surface area contributed by atoms with Crippen LogP contribution in [-0.2, 0) is 4.79 Å². The molecule has 3 N–H and O–H groups in total. The maximum absolute atomic E-state index is 12.8. The highest BCUT2D eigenvalue weighted by Crippen LogP contribution is 2.40. The van der Waals surface area contributed by atoms with Gasteiger partial charge in [-0.05, 0) is 39.0 Å². The van der Waals surface area contributed by atoms with Crippen molar-refractivity contribution >= 4 is 11.8 Å². The normalized spacial score (nSPS) is 31.6. The highest BCUT2D eigenvalue weighted by Gasteiger charge is 2.35. The van der Waals surface area contributed by atoms with Crippen LogP contribution in [0.2, 0.25) is 0 Å². The van der Waals surface area contributed by atoms with Crippen LogP contribution in [0.3, 0.4) is 0 Å². The van der Waals surface area contributed by atoms with E-state index in [4.69, 9.17) is 4.52 Å². The van der Waals surface area contributed by atoms with Gasteiger partial charge in [0.05, 0.1) is 12.0 Å². The van der Waals surface area contributed by atoms with Gasteiger partial charge in [-0.25, -0.2) is 0 Å². The Bertz CT molecular complexity index is 702. The minimum atomic E-state index is -0.456. The molecule has 2 amide bonds. The number of hydrogen-bond donors (Lipinski definition) is 3. The number of amides is 2. The summed E-state index contributed by atoms with van der Waals surface area (Å²) in [7, 11) is 0. The zero-order valence-corrected chi connectivity index (χ0v) is 15.7. The fourth-order valence-electron chi connectivity index (χ4n) is 4.19. The van der Waals surface area contributed by atoms with E-state index in [-0.39, 0.29) is 29.8 Å². The highest BCUT2D eigenvalue weighted by atomic mass is 16.5. The van der Waals surface area contributed by atoms with Crippen molar-refractivity contribution < 1.29 is 19.2 Å². The lowest BCUT2D eigenvalue weighted by Crippen LogP contribution is -2.54. The van der Waals surface area contributed by atoms with Crippen LogP contribution < -0.4 is 10.6 Å². The summed E-state index contributed by atoms with van der Waals surface area (Å²) in [6, 6.07) is 1.82. The predicted octanol–water partition coefficient (Wildman–Crippen LogP) is 0.632. The molecule has 0 spiro atoms. The number of hydrogen-bond acceptors (Lipinski definition) is 6. The van der Waals surface area contributed by atoms with Crippen LogP contribution in [0.1, 0.15) is 61.2 Å². The topological polar surface area (TPSA) is 108 Å². The molecule has 0 radical (unpaired) electrons. The predicted molar refractivity (Wildman–Crippen MR) is 97.1 cm³/mol. The van der Waals surface area contributed by atoms with Crippen molar-refractivity contribution in [3.8, 4) is 0 Å². The van der Waals surface area contributed by atoms with Crippen molar-refractivity contribution in [3.05, 3.63) is 17.5 Å². The summed E-state index contributed by atoms with van der Waals surface area (Å²) in [5.74, 6) is 0.961. The van der Waals surface area contributed by atoms with E-state index in [1.165, 1.54) is 0 Å². The molecule has 1 aromatic heterocycles. The minimum Gasteiger partial charge on any atom is -0.392 e. The molecule has 27 heavy (non-hydrogen) atoms. The van der Waals surface area contributed by atoms with E-state index in [9.17, 15) is 14.7 Å². The fraction of sp³-hybridized carbons (Fsp3) is 0.737. The van der Waals surface area contributed by atoms with Gasteiger partial charge in [0.2, 0.25) is 5.91 Å². The van der Waals surface area contributed by atoms with Gasteiger partial charge in [-0.3, -0.25) is 9.59 Å². The van der Waals surface area contributed by atoms with Crippen LogP contribution >= 0.6 is 0 Å². The Morgan fingerprint density at radius 2 is 2.11 bits per heavy atom. The summed E-state index contributed by atoms with van der Waals surface area (Å²) in [6.07, 6.45) is 3.71. The molecule has 3 unspecified atom stereocenters. The van der Waals surface area contributed by atoms with Gasteiger partial charge in [-0.1, -0.05) is 5.16 Å². The average Bonchev–Trinajstić information content (AvgIpc) is 3.38. The van der Waals surface area contributed by atoms with Gasteiger partial charge >= 0.3 is 0 Å². The van der Waals surface area contributed by atoms with E-state index in [1.807, 2.05) is 11.8 Å². The van der Waals surface area contributed by atoms with E-state index in [0.717, 1.165) is 25.0 Å². The molecule has 8 nitrogen and oxygen atoms in total. The molecule has 2 aliphatic heterocycles. The maximum atomic E-state index is 12.8. The lowest BCUT2D eigenvalue weighted by atomic mass is 9.92. The summed E-state index contributed by atoms with van der Waals surface area (Å²) in [5.41, 5.74) is 0.338. The van der Waals surface area contributed by atoms with Crippen LogP contribution in [0.15, 0.2) is 10.6 Å². The van der Waals surface area contributed by atoms with Crippen LogP contribution in [-0.4, -0.2) is 64.8 Å². The molecule has 1 saturated carbocycles. The van der Waals surface area contributed by atoms with Gasteiger partial charge in [-0.2, -0.15) is 0 Å². The van der Waals surface area contributed by atoms with Gasteiger partial charge in [-0.15, -0.1) is 0 Å². The molecule has 4 rings (SSSR count). The Labute approximate surface area is 158 Å². The Hall–Kier alpha value is -1.93. The molecule has 0 bridgehead atoms. The number of nitrogens with one attached hydrogen (secondary N) is 2. The van der Waals surface area contributed by atoms with E-state index in [1.54, 1.807) is 6.07 Å². The number of aromatic nitrogens is 1. The molecule has 2 saturated heterocycles. The third-order valence-corrected chi connectivity index (χ3v) is 5.91. The number of aliphatic hydroxyl groups excluding tert-OH is 1. The summed E-state index contributed by atoms with van der Waals surface area (Å²) in [6.45, 7) is 3.81. The Morgan fingerprint density at radius 1 is 1.30 bits per heavy atom. The summed E-state index contributed by atoms with van der Waals surface area (Å²) in [5, 5.41) is 19.8.